The molecule has 2 rings (SSSR count). The predicted octanol–water partition coefficient (Wildman–Crippen LogP) is 0.614. The fraction of sp³-hybridized carbons (Fsp3) is 0.923. The molecule has 2 aliphatic heterocycles. The second-order valence-electron chi connectivity index (χ2n) is 6.29. The molecule has 2 saturated heterocycles. The van der Waals surface area contributed by atoms with Crippen molar-refractivity contribution in [2.75, 3.05) is 18.1 Å². The van der Waals surface area contributed by atoms with E-state index in [0.29, 0.717) is 18.9 Å². The highest BCUT2D eigenvalue weighted by Gasteiger charge is 2.39. The second-order valence-corrected chi connectivity index (χ2v) is 8.52. The second kappa shape index (κ2) is 5.40. The van der Waals surface area contributed by atoms with Crippen LogP contribution in [0.25, 0.3) is 0 Å². The topological polar surface area (TPSA) is 66.5 Å². The lowest BCUT2D eigenvalue weighted by molar-refractivity contribution is -0.130. The van der Waals surface area contributed by atoms with Crippen molar-refractivity contribution in [3.63, 3.8) is 0 Å². The number of carbonyl (C=O) groups is 1. The average Bonchev–Trinajstić information content (AvgIpc) is 2.73. The summed E-state index contributed by atoms with van der Waals surface area (Å²) >= 11 is 0. The Hall–Kier alpha value is -0.620. The van der Waals surface area contributed by atoms with Gasteiger partial charge in [0, 0.05) is 6.54 Å². The summed E-state index contributed by atoms with van der Waals surface area (Å²) < 4.78 is 23.0. The van der Waals surface area contributed by atoms with Crippen molar-refractivity contribution in [2.24, 2.45) is 11.8 Å². The lowest BCUT2D eigenvalue weighted by atomic mass is 10.1. The molecule has 0 aromatic heterocycles. The normalized spacial score (nSPS) is 34.4. The first kappa shape index (κ1) is 14.8. The Morgan fingerprint density at radius 2 is 2.11 bits per heavy atom. The summed E-state index contributed by atoms with van der Waals surface area (Å²) in [4.78, 5) is 14.0. The highest BCUT2D eigenvalue weighted by Crippen LogP contribution is 2.24. The van der Waals surface area contributed by atoms with E-state index in [1.54, 1.807) is 0 Å². The van der Waals surface area contributed by atoms with Gasteiger partial charge in [-0.25, -0.2) is 8.42 Å². The number of rotatable bonds is 4. The smallest absolute Gasteiger partial charge is 0.240 e. The van der Waals surface area contributed by atoms with Crippen LogP contribution >= 0.6 is 0 Å². The van der Waals surface area contributed by atoms with Crippen LogP contribution in [0.2, 0.25) is 0 Å². The van der Waals surface area contributed by atoms with Crippen molar-refractivity contribution in [1.82, 2.24) is 10.2 Å². The van der Waals surface area contributed by atoms with Gasteiger partial charge in [-0.1, -0.05) is 13.8 Å². The zero-order chi connectivity index (χ0) is 14.2. The van der Waals surface area contributed by atoms with Gasteiger partial charge in [-0.3, -0.25) is 10.1 Å². The van der Waals surface area contributed by atoms with E-state index in [9.17, 15) is 13.2 Å². The first-order valence-corrected chi connectivity index (χ1v) is 8.87. The Kier molecular flexibility index (Phi) is 4.20. The highest BCUT2D eigenvalue weighted by molar-refractivity contribution is 7.91. The summed E-state index contributed by atoms with van der Waals surface area (Å²) in [5, 5.41) is 3.31. The van der Waals surface area contributed by atoms with Crippen LogP contribution in [0.4, 0.5) is 0 Å². The molecule has 1 amide bonds. The molecule has 2 fully saturated rings. The molecule has 5 nitrogen and oxygen atoms in total. The van der Waals surface area contributed by atoms with E-state index in [0.717, 1.165) is 6.42 Å². The summed E-state index contributed by atoms with van der Waals surface area (Å²) in [6.07, 6.45) is 1.66. The van der Waals surface area contributed by atoms with Crippen LogP contribution < -0.4 is 5.32 Å². The van der Waals surface area contributed by atoms with Crippen molar-refractivity contribution in [1.29, 1.82) is 0 Å². The van der Waals surface area contributed by atoms with Gasteiger partial charge in [0.1, 0.15) is 0 Å². The Morgan fingerprint density at radius 3 is 2.63 bits per heavy atom. The first-order chi connectivity index (χ1) is 8.78. The number of hydrogen-bond donors (Lipinski definition) is 1. The van der Waals surface area contributed by atoms with Crippen LogP contribution in [0.1, 0.15) is 33.6 Å². The Morgan fingerprint density at radius 1 is 1.42 bits per heavy atom. The molecule has 110 valence electrons. The molecule has 0 bridgehead atoms. The van der Waals surface area contributed by atoms with E-state index in [1.165, 1.54) is 0 Å². The minimum atomic E-state index is -2.87. The summed E-state index contributed by atoms with van der Waals surface area (Å²) in [7, 11) is -2.87. The maximum absolute atomic E-state index is 12.2. The maximum Gasteiger partial charge on any atom is 0.240 e. The summed E-state index contributed by atoms with van der Waals surface area (Å²) in [5.41, 5.74) is 0. The molecule has 3 unspecified atom stereocenters. The highest BCUT2D eigenvalue weighted by atomic mass is 32.2. The molecule has 0 saturated carbocycles. The van der Waals surface area contributed by atoms with E-state index in [1.807, 2.05) is 11.8 Å². The zero-order valence-electron chi connectivity index (χ0n) is 11.9. The molecule has 0 aromatic rings. The minimum absolute atomic E-state index is 0.0609. The van der Waals surface area contributed by atoms with Gasteiger partial charge in [0.2, 0.25) is 5.91 Å². The fourth-order valence-corrected chi connectivity index (χ4v) is 4.85. The largest absolute Gasteiger partial charge is 0.325 e. The SMILES string of the molecule is CC(C)CC1NC(C)C(=O)N1CC1CCS(=O)(=O)C1. The molecular weight excluding hydrogens is 264 g/mol. The molecule has 0 spiro atoms. The van der Waals surface area contributed by atoms with Crippen molar-refractivity contribution >= 4 is 15.7 Å². The standard InChI is InChI=1S/C13H24N2O3S/c1-9(2)6-12-14-10(3)13(16)15(12)7-11-4-5-19(17,18)8-11/h9-12,14H,4-8H2,1-3H3. The fourth-order valence-electron chi connectivity index (χ4n) is 3.01. The van der Waals surface area contributed by atoms with Crippen molar-refractivity contribution in [3.8, 4) is 0 Å². The summed E-state index contributed by atoms with van der Waals surface area (Å²) in [6, 6.07) is -0.151. The summed E-state index contributed by atoms with van der Waals surface area (Å²) in [6.45, 7) is 6.72. The molecule has 2 aliphatic rings. The van der Waals surface area contributed by atoms with Gasteiger partial charge in [0.05, 0.1) is 23.7 Å². The van der Waals surface area contributed by atoms with E-state index < -0.39 is 9.84 Å². The predicted molar refractivity (Wildman–Crippen MR) is 74.3 cm³/mol. The maximum atomic E-state index is 12.2. The third kappa shape index (κ3) is 3.48. The van der Waals surface area contributed by atoms with Gasteiger partial charge < -0.3 is 4.90 Å². The minimum Gasteiger partial charge on any atom is -0.325 e. The number of nitrogens with zero attached hydrogens (tertiary/aromatic N) is 1. The lowest BCUT2D eigenvalue weighted by Crippen LogP contribution is -2.41. The van der Waals surface area contributed by atoms with Crippen molar-refractivity contribution in [3.05, 3.63) is 0 Å². The lowest BCUT2D eigenvalue weighted by Gasteiger charge is -2.27. The van der Waals surface area contributed by atoms with E-state index in [-0.39, 0.29) is 35.5 Å². The molecule has 1 N–H and O–H groups in total. The van der Waals surface area contributed by atoms with Gasteiger partial charge in [-0.05, 0) is 31.6 Å². The quantitative estimate of drug-likeness (QED) is 0.823. The van der Waals surface area contributed by atoms with Gasteiger partial charge in [-0.15, -0.1) is 0 Å². The number of hydrogen-bond acceptors (Lipinski definition) is 4. The van der Waals surface area contributed by atoms with Crippen LogP contribution in [0.5, 0.6) is 0 Å². The Labute approximate surface area is 115 Å². The first-order valence-electron chi connectivity index (χ1n) is 7.05. The molecule has 0 radical (unpaired) electrons. The van der Waals surface area contributed by atoms with Crippen LogP contribution in [-0.2, 0) is 14.6 Å². The average molecular weight is 288 g/mol. The van der Waals surface area contributed by atoms with E-state index in [4.69, 9.17) is 0 Å². The number of amides is 1. The van der Waals surface area contributed by atoms with E-state index >= 15 is 0 Å². The van der Waals surface area contributed by atoms with Gasteiger partial charge >= 0.3 is 0 Å². The van der Waals surface area contributed by atoms with Crippen LogP contribution in [0, 0.1) is 11.8 Å². The molecule has 19 heavy (non-hydrogen) atoms. The Bertz CT molecular complexity index is 447. The Balaban J connectivity index is 2.01. The number of carbonyl (C=O) groups excluding carboxylic acids is 1. The molecule has 3 atom stereocenters. The number of nitrogens with one attached hydrogen (secondary N) is 1. The van der Waals surface area contributed by atoms with Crippen molar-refractivity contribution in [2.45, 2.75) is 45.8 Å². The molecule has 0 aliphatic carbocycles. The zero-order valence-corrected chi connectivity index (χ0v) is 12.7. The monoisotopic (exact) mass is 288 g/mol. The summed E-state index contributed by atoms with van der Waals surface area (Å²) in [5.74, 6) is 1.23. The van der Waals surface area contributed by atoms with Gasteiger partial charge in [-0.2, -0.15) is 0 Å². The number of sulfone groups is 1. The molecular formula is C13H24N2O3S. The van der Waals surface area contributed by atoms with Crippen molar-refractivity contribution < 1.29 is 13.2 Å². The third-order valence-corrected chi connectivity index (χ3v) is 5.79. The molecule has 0 aromatic carbocycles. The van der Waals surface area contributed by atoms with Crippen LogP contribution in [0.3, 0.4) is 0 Å². The van der Waals surface area contributed by atoms with Crippen LogP contribution in [-0.4, -0.2) is 49.5 Å². The van der Waals surface area contributed by atoms with Gasteiger partial charge in [0.25, 0.3) is 0 Å². The molecule has 2 heterocycles. The third-order valence-electron chi connectivity index (χ3n) is 3.95. The van der Waals surface area contributed by atoms with E-state index in [2.05, 4.69) is 19.2 Å². The molecule has 6 heteroatoms. The van der Waals surface area contributed by atoms with Crippen LogP contribution in [0.15, 0.2) is 0 Å². The van der Waals surface area contributed by atoms with Gasteiger partial charge in [0.15, 0.2) is 9.84 Å².